The van der Waals surface area contributed by atoms with Crippen molar-refractivity contribution in [3.8, 4) is 16.9 Å². The lowest BCUT2D eigenvalue weighted by Crippen LogP contribution is -2.25. The number of nitrogens with zero attached hydrogens (tertiary/aromatic N) is 1. The highest BCUT2D eigenvalue weighted by atomic mass is 35.5. The molecule has 1 amide bonds. The molecule has 1 aliphatic rings. The number of anilines is 2. The zero-order chi connectivity index (χ0) is 19.7. The number of halogens is 2. The first-order valence-electron chi connectivity index (χ1n) is 8.16. The van der Waals surface area contributed by atoms with Crippen molar-refractivity contribution >= 4 is 39.9 Å². The van der Waals surface area contributed by atoms with E-state index in [1.165, 1.54) is 24.3 Å². The standard InChI is InChI=1S/C19H13ClFN3O3S/c20-19-16(24-28(26)14-4-2-13(21)3-5-14)8-12(9-22-19)11-1-6-17-15(7-11)23-18(25)10-27-17/h1-9,24H,10H2,(H,23,25). The highest BCUT2D eigenvalue weighted by Crippen LogP contribution is 2.34. The van der Waals surface area contributed by atoms with Gasteiger partial charge >= 0.3 is 0 Å². The number of rotatable bonds is 4. The topological polar surface area (TPSA) is 80.3 Å². The smallest absolute Gasteiger partial charge is 0.262 e. The molecule has 0 aliphatic carbocycles. The van der Waals surface area contributed by atoms with Gasteiger partial charge in [0.2, 0.25) is 0 Å². The van der Waals surface area contributed by atoms with Crippen LogP contribution in [0.5, 0.6) is 5.75 Å². The van der Waals surface area contributed by atoms with Crippen molar-refractivity contribution in [2.75, 3.05) is 16.6 Å². The number of benzene rings is 2. The summed E-state index contributed by atoms with van der Waals surface area (Å²) in [6.07, 6.45) is 1.57. The summed E-state index contributed by atoms with van der Waals surface area (Å²) >= 11 is 6.13. The normalized spacial score (nSPS) is 13.9. The Morgan fingerprint density at radius 2 is 1.93 bits per heavy atom. The van der Waals surface area contributed by atoms with Crippen LogP contribution in [0.25, 0.3) is 11.1 Å². The van der Waals surface area contributed by atoms with Crippen LogP contribution in [0.15, 0.2) is 59.6 Å². The molecule has 0 saturated heterocycles. The van der Waals surface area contributed by atoms with Gasteiger partial charge in [-0.05, 0) is 48.0 Å². The maximum atomic E-state index is 13.0. The molecule has 1 aromatic heterocycles. The number of carbonyl (C=O) groups is 1. The Labute approximate surface area is 167 Å². The van der Waals surface area contributed by atoms with Crippen LogP contribution in [-0.2, 0) is 15.8 Å². The minimum absolute atomic E-state index is 0.0158. The van der Waals surface area contributed by atoms with Crippen LogP contribution < -0.4 is 14.8 Å². The van der Waals surface area contributed by atoms with E-state index in [0.29, 0.717) is 27.6 Å². The average Bonchev–Trinajstić information content (AvgIpc) is 2.69. The van der Waals surface area contributed by atoms with Gasteiger partial charge in [-0.2, -0.15) is 0 Å². The van der Waals surface area contributed by atoms with E-state index in [1.807, 2.05) is 6.07 Å². The first-order chi connectivity index (χ1) is 13.5. The van der Waals surface area contributed by atoms with E-state index in [9.17, 15) is 13.4 Å². The van der Waals surface area contributed by atoms with Crippen molar-refractivity contribution < 1.29 is 18.1 Å². The summed E-state index contributed by atoms with van der Waals surface area (Å²) in [5.74, 6) is -0.0529. The molecule has 3 aromatic rings. The van der Waals surface area contributed by atoms with Gasteiger partial charge in [-0.1, -0.05) is 17.7 Å². The molecule has 0 spiro atoms. The Kier molecular flexibility index (Phi) is 4.97. The molecule has 28 heavy (non-hydrogen) atoms. The van der Waals surface area contributed by atoms with E-state index in [4.69, 9.17) is 16.3 Å². The zero-order valence-electron chi connectivity index (χ0n) is 14.2. The summed E-state index contributed by atoms with van der Waals surface area (Å²) < 4.78 is 33.7. The Balaban J connectivity index is 1.62. The maximum Gasteiger partial charge on any atom is 0.262 e. The van der Waals surface area contributed by atoms with Crippen LogP contribution in [0.2, 0.25) is 5.15 Å². The number of fused-ring (bicyclic) bond motifs is 1. The van der Waals surface area contributed by atoms with E-state index < -0.39 is 16.8 Å². The number of carbonyl (C=O) groups excluding carboxylic acids is 1. The van der Waals surface area contributed by atoms with Gasteiger partial charge in [0.05, 0.1) is 16.3 Å². The van der Waals surface area contributed by atoms with Crippen LogP contribution in [0, 0.1) is 5.82 Å². The summed E-state index contributed by atoms with van der Waals surface area (Å²) in [5.41, 5.74) is 2.39. The number of nitrogens with one attached hydrogen (secondary N) is 2. The van der Waals surface area contributed by atoms with Crippen molar-refractivity contribution in [3.63, 3.8) is 0 Å². The molecular formula is C19H13ClFN3O3S. The van der Waals surface area contributed by atoms with E-state index in [0.717, 1.165) is 5.56 Å². The lowest BCUT2D eigenvalue weighted by molar-refractivity contribution is -0.118. The zero-order valence-corrected chi connectivity index (χ0v) is 15.8. The first kappa shape index (κ1) is 18.4. The fourth-order valence-corrected chi connectivity index (χ4v) is 3.72. The Morgan fingerprint density at radius 3 is 2.71 bits per heavy atom. The Morgan fingerprint density at radius 1 is 1.14 bits per heavy atom. The molecule has 2 aromatic carbocycles. The number of hydrogen-bond acceptors (Lipinski definition) is 4. The Bertz CT molecular complexity index is 1090. The maximum absolute atomic E-state index is 13.0. The summed E-state index contributed by atoms with van der Waals surface area (Å²) in [6, 6.07) is 12.3. The third-order valence-corrected chi connectivity index (χ3v) is 5.42. The highest BCUT2D eigenvalue weighted by molar-refractivity contribution is 7.86. The first-order valence-corrected chi connectivity index (χ1v) is 9.69. The predicted molar refractivity (Wildman–Crippen MR) is 105 cm³/mol. The monoisotopic (exact) mass is 417 g/mol. The molecular weight excluding hydrogens is 405 g/mol. The molecule has 1 aliphatic heterocycles. The third kappa shape index (κ3) is 3.83. The molecule has 2 heterocycles. The molecule has 0 radical (unpaired) electrons. The molecule has 9 heteroatoms. The van der Waals surface area contributed by atoms with Gasteiger partial charge in [0, 0.05) is 11.8 Å². The Hall–Kier alpha value is -2.97. The minimum Gasteiger partial charge on any atom is -0.482 e. The highest BCUT2D eigenvalue weighted by Gasteiger charge is 2.17. The fraction of sp³-hybridized carbons (Fsp3) is 0.0526. The fourth-order valence-electron chi connectivity index (χ4n) is 2.66. The van der Waals surface area contributed by atoms with Crippen LogP contribution in [0.4, 0.5) is 15.8 Å². The second-order valence-corrected chi connectivity index (χ2v) is 7.51. The number of hydrogen-bond donors (Lipinski definition) is 2. The largest absolute Gasteiger partial charge is 0.482 e. The second kappa shape index (κ2) is 7.57. The number of pyridine rings is 1. The average molecular weight is 418 g/mol. The van der Waals surface area contributed by atoms with Crippen LogP contribution in [-0.4, -0.2) is 21.7 Å². The number of aromatic nitrogens is 1. The van der Waals surface area contributed by atoms with E-state index in [2.05, 4.69) is 15.0 Å². The quantitative estimate of drug-likeness (QED) is 0.628. The summed E-state index contributed by atoms with van der Waals surface area (Å²) in [5, 5.41) is 2.90. The second-order valence-electron chi connectivity index (χ2n) is 5.93. The SMILES string of the molecule is O=C1COc2ccc(-c3cnc(Cl)c(NS(=O)c4ccc(F)cc4)c3)cc2N1. The van der Waals surface area contributed by atoms with Gasteiger partial charge in [-0.3, -0.25) is 9.52 Å². The third-order valence-electron chi connectivity index (χ3n) is 4.02. The van der Waals surface area contributed by atoms with Crippen molar-refractivity contribution in [2.24, 2.45) is 0 Å². The molecule has 0 saturated carbocycles. The molecule has 4 rings (SSSR count). The van der Waals surface area contributed by atoms with Gasteiger partial charge in [0.15, 0.2) is 11.8 Å². The summed E-state index contributed by atoms with van der Waals surface area (Å²) in [7, 11) is -1.64. The van der Waals surface area contributed by atoms with E-state index in [1.54, 1.807) is 24.4 Å². The van der Waals surface area contributed by atoms with Gasteiger partial charge in [-0.25, -0.2) is 13.6 Å². The summed E-state index contributed by atoms with van der Waals surface area (Å²) in [4.78, 5) is 16.0. The molecule has 0 fully saturated rings. The van der Waals surface area contributed by atoms with Gasteiger partial charge < -0.3 is 10.1 Å². The van der Waals surface area contributed by atoms with E-state index >= 15 is 0 Å². The lowest BCUT2D eigenvalue weighted by atomic mass is 10.1. The summed E-state index contributed by atoms with van der Waals surface area (Å²) in [6.45, 7) is -0.0158. The molecule has 1 atom stereocenters. The predicted octanol–water partition coefficient (Wildman–Crippen LogP) is 4.01. The van der Waals surface area contributed by atoms with Crippen LogP contribution in [0.3, 0.4) is 0 Å². The number of ether oxygens (including phenoxy) is 1. The lowest BCUT2D eigenvalue weighted by Gasteiger charge is -2.18. The molecule has 0 bridgehead atoms. The van der Waals surface area contributed by atoms with Crippen molar-refractivity contribution in [1.82, 2.24) is 4.98 Å². The number of amides is 1. The van der Waals surface area contributed by atoms with Crippen molar-refractivity contribution in [3.05, 3.63) is 65.7 Å². The van der Waals surface area contributed by atoms with Crippen molar-refractivity contribution in [1.29, 1.82) is 0 Å². The van der Waals surface area contributed by atoms with Crippen molar-refractivity contribution in [2.45, 2.75) is 4.90 Å². The molecule has 6 nitrogen and oxygen atoms in total. The van der Waals surface area contributed by atoms with Gasteiger partial charge in [0.25, 0.3) is 5.91 Å². The molecule has 142 valence electrons. The van der Waals surface area contributed by atoms with Gasteiger partial charge in [-0.15, -0.1) is 0 Å². The molecule has 2 N–H and O–H groups in total. The van der Waals surface area contributed by atoms with Crippen LogP contribution in [0.1, 0.15) is 0 Å². The van der Waals surface area contributed by atoms with Crippen LogP contribution >= 0.6 is 11.6 Å². The molecule has 1 unspecified atom stereocenters. The van der Waals surface area contributed by atoms with Gasteiger partial charge in [0.1, 0.15) is 22.6 Å². The minimum atomic E-state index is -1.64. The van der Waals surface area contributed by atoms with E-state index in [-0.39, 0.29) is 17.7 Å².